The number of hydrogen-bond donors (Lipinski definition) is 2. The van der Waals surface area contributed by atoms with Gasteiger partial charge in [-0.2, -0.15) is 0 Å². The number of carbonyl (C=O) groups excluding carboxylic acids is 2. The highest BCUT2D eigenvalue weighted by Gasteiger charge is 2.18. The van der Waals surface area contributed by atoms with E-state index in [1.807, 2.05) is 6.92 Å². The van der Waals surface area contributed by atoms with Crippen LogP contribution in [-0.4, -0.2) is 23.3 Å². The molecule has 25 heavy (non-hydrogen) atoms. The molecule has 0 saturated carbocycles. The average molecular weight is 362 g/mol. The molecule has 0 radical (unpaired) electrons. The standard InChI is InChI=1S/C17H16ClN3O4/c1-2-9-19-16(22)12-5-3-4-6-15(12)20-17(23)13-10-11(21(24)25)7-8-14(13)18/h3-8,10H,2,9H2,1H3,(H,19,22)(H,20,23). The fourth-order valence-electron chi connectivity index (χ4n) is 2.11. The first-order chi connectivity index (χ1) is 11.9. The van der Waals surface area contributed by atoms with E-state index in [2.05, 4.69) is 10.6 Å². The van der Waals surface area contributed by atoms with E-state index in [0.29, 0.717) is 17.8 Å². The minimum Gasteiger partial charge on any atom is -0.352 e. The summed E-state index contributed by atoms with van der Waals surface area (Å²) in [5.41, 5.74) is 0.303. The zero-order chi connectivity index (χ0) is 18.4. The van der Waals surface area contributed by atoms with E-state index in [9.17, 15) is 19.7 Å². The van der Waals surface area contributed by atoms with Crippen molar-refractivity contribution < 1.29 is 14.5 Å². The molecule has 0 heterocycles. The van der Waals surface area contributed by atoms with Crippen LogP contribution in [-0.2, 0) is 0 Å². The maximum atomic E-state index is 12.4. The molecule has 2 aromatic rings. The summed E-state index contributed by atoms with van der Waals surface area (Å²) in [6.07, 6.45) is 0.781. The van der Waals surface area contributed by atoms with Crippen LogP contribution in [0.4, 0.5) is 11.4 Å². The van der Waals surface area contributed by atoms with Crippen LogP contribution < -0.4 is 10.6 Å². The molecule has 0 fully saturated rings. The third kappa shape index (κ3) is 4.54. The van der Waals surface area contributed by atoms with Crippen LogP contribution in [0.5, 0.6) is 0 Å². The molecule has 0 spiro atoms. The molecule has 0 aromatic heterocycles. The van der Waals surface area contributed by atoms with Gasteiger partial charge in [0.25, 0.3) is 17.5 Å². The lowest BCUT2D eigenvalue weighted by Gasteiger charge is -2.11. The predicted octanol–water partition coefficient (Wildman–Crippen LogP) is 3.64. The van der Waals surface area contributed by atoms with Crippen molar-refractivity contribution in [2.75, 3.05) is 11.9 Å². The zero-order valence-corrected chi connectivity index (χ0v) is 14.2. The van der Waals surface area contributed by atoms with Gasteiger partial charge < -0.3 is 10.6 Å². The van der Waals surface area contributed by atoms with Crippen LogP contribution in [0.25, 0.3) is 0 Å². The summed E-state index contributed by atoms with van der Waals surface area (Å²) in [6, 6.07) is 10.1. The monoisotopic (exact) mass is 361 g/mol. The lowest BCUT2D eigenvalue weighted by atomic mass is 10.1. The molecule has 130 valence electrons. The highest BCUT2D eigenvalue weighted by Crippen LogP contribution is 2.24. The van der Waals surface area contributed by atoms with Crippen molar-refractivity contribution >= 4 is 34.8 Å². The maximum absolute atomic E-state index is 12.4. The Labute approximate surface area is 149 Å². The summed E-state index contributed by atoms with van der Waals surface area (Å²) in [5.74, 6) is -0.952. The number of hydrogen-bond acceptors (Lipinski definition) is 4. The van der Waals surface area contributed by atoms with Crippen molar-refractivity contribution in [2.24, 2.45) is 0 Å². The first-order valence-corrected chi connectivity index (χ1v) is 7.94. The number of nitrogens with one attached hydrogen (secondary N) is 2. The number of halogens is 1. The number of carbonyl (C=O) groups is 2. The molecule has 0 atom stereocenters. The van der Waals surface area contributed by atoms with Crippen LogP contribution in [0.15, 0.2) is 42.5 Å². The van der Waals surface area contributed by atoms with Crippen LogP contribution in [0.3, 0.4) is 0 Å². The largest absolute Gasteiger partial charge is 0.352 e. The number of amides is 2. The third-order valence-corrected chi connectivity index (χ3v) is 3.69. The van der Waals surface area contributed by atoms with E-state index in [-0.39, 0.29) is 22.2 Å². The van der Waals surface area contributed by atoms with Crippen molar-refractivity contribution in [3.63, 3.8) is 0 Å². The summed E-state index contributed by atoms with van der Waals surface area (Å²) in [6.45, 7) is 2.44. The quantitative estimate of drug-likeness (QED) is 0.605. The highest BCUT2D eigenvalue weighted by atomic mass is 35.5. The predicted molar refractivity (Wildman–Crippen MR) is 95.1 cm³/mol. The number of anilines is 1. The van der Waals surface area contributed by atoms with Crippen LogP contribution in [0.1, 0.15) is 34.1 Å². The van der Waals surface area contributed by atoms with E-state index in [4.69, 9.17) is 11.6 Å². The second-order valence-electron chi connectivity index (χ2n) is 5.18. The van der Waals surface area contributed by atoms with Gasteiger partial charge in [-0.25, -0.2) is 0 Å². The Kier molecular flexibility index (Phi) is 6.08. The normalized spacial score (nSPS) is 10.2. The molecule has 0 saturated heterocycles. The van der Waals surface area contributed by atoms with Gasteiger partial charge in [0.05, 0.1) is 26.8 Å². The van der Waals surface area contributed by atoms with E-state index in [0.717, 1.165) is 12.5 Å². The highest BCUT2D eigenvalue weighted by molar-refractivity contribution is 6.34. The fourth-order valence-corrected chi connectivity index (χ4v) is 2.32. The van der Waals surface area contributed by atoms with Crippen molar-refractivity contribution in [2.45, 2.75) is 13.3 Å². The van der Waals surface area contributed by atoms with E-state index in [1.54, 1.807) is 24.3 Å². The molecule has 0 unspecified atom stereocenters. The van der Waals surface area contributed by atoms with Crippen molar-refractivity contribution in [1.29, 1.82) is 0 Å². The zero-order valence-electron chi connectivity index (χ0n) is 13.4. The lowest BCUT2D eigenvalue weighted by molar-refractivity contribution is -0.384. The van der Waals surface area contributed by atoms with Gasteiger partial charge in [0.15, 0.2) is 0 Å². The molecular weight excluding hydrogens is 346 g/mol. The molecule has 2 aromatic carbocycles. The number of non-ortho nitro benzene ring substituents is 1. The molecule has 2 amide bonds. The first-order valence-electron chi connectivity index (χ1n) is 7.56. The van der Waals surface area contributed by atoms with Gasteiger partial charge in [-0.05, 0) is 24.6 Å². The Bertz CT molecular complexity index is 823. The Morgan fingerprint density at radius 2 is 1.84 bits per heavy atom. The maximum Gasteiger partial charge on any atom is 0.270 e. The summed E-state index contributed by atoms with van der Waals surface area (Å²) >= 11 is 5.97. The Hall–Kier alpha value is -2.93. The molecule has 0 aliphatic carbocycles. The molecule has 0 aliphatic rings. The molecule has 2 rings (SSSR count). The summed E-state index contributed by atoms with van der Waals surface area (Å²) in [4.78, 5) is 34.9. The SMILES string of the molecule is CCCNC(=O)c1ccccc1NC(=O)c1cc([N+](=O)[O-])ccc1Cl. The number of para-hydroxylation sites is 1. The molecule has 7 nitrogen and oxygen atoms in total. The van der Waals surface area contributed by atoms with Crippen LogP contribution in [0.2, 0.25) is 5.02 Å². The van der Waals surface area contributed by atoms with Gasteiger partial charge in [-0.3, -0.25) is 19.7 Å². The number of benzene rings is 2. The molecule has 0 bridgehead atoms. The molecule has 0 aliphatic heterocycles. The third-order valence-electron chi connectivity index (χ3n) is 3.36. The van der Waals surface area contributed by atoms with Crippen LogP contribution >= 0.6 is 11.6 Å². The Morgan fingerprint density at radius 1 is 1.12 bits per heavy atom. The summed E-state index contributed by atoms with van der Waals surface area (Å²) < 4.78 is 0. The van der Waals surface area contributed by atoms with Gasteiger partial charge >= 0.3 is 0 Å². The minimum atomic E-state index is -0.635. The van der Waals surface area contributed by atoms with E-state index < -0.39 is 10.8 Å². The number of nitro benzene ring substituents is 1. The molecule has 8 heteroatoms. The first kappa shape index (κ1) is 18.4. The van der Waals surface area contributed by atoms with E-state index >= 15 is 0 Å². The second-order valence-corrected chi connectivity index (χ2v) is 5.58. The number of rotatable bonds is 6. The van der Waals surface area contributed by atoms with Gasteiger partial charge in [0, 0.05) is 18.7 Å². The van der Waals surface area contributed by atoms with Gasteiger partial charge in [-0.15, -0.1) is 0 Å². The van der Waals surface area contributed by atoms with Crippen molar-refractivity contribution in [1.82, 2.24) is 5.32 Å². The van der Waals surface area contributed by atoms with Crippen LogP contribution in [0, 0.1) is 10.1 Å². The number of nitro groups is 1. The average Bonchev–Trinajstić information content (AvgIpc) is 2.60. The topological polar surface area (TPSA) is 101 Å². The second kappa shape index (κ2) is 8.25. The van der Waals surface area contributed by atoms with Crippen molar-refractivity contribution in [3.8, 4) is 0 Å². The summed E-state index contributed by atoms with van der Waals surface area (Å²) in [7, 11) is 0. The molecular formula is C17H16ClN3O4. The smallest absolute Gasteiger partial charge is 0.270 e. The molecule has 2 N–H and O–H groups in total. The van der Waals surface area contributed by atoms with Gasteiger partial charge in [0.2, 0.25) is 0 Å². The Morgan fingerprint density at radius 3 is 2.52 bits per heavy atom. The minimum absolute atomic E-state index is 0.0420. The van der Waals surface area contributed by atoms with Crippen molar-refractivity contribution in [3.05, 3.63) is 68.7 Å². The summed E-state index contributed by atoms with van der Waals surface area (Å²) in [5, 5.41) is 16.3. The number of nitrogens with zero attached hydrogens (tertiary/aromatic N) is 1. The van der Waals surface area contributed by atoms with Gasteiger partial charge in [0.1, 0.15) is 0 Å². The lowest BCUT2D eigenvalue weighted by Crippen LogP contribution is -2.25. The fraction of sp³-hybridized carbons (Fsp3) is 0.176. The Balaban J connectivity index is 2.28. The van der Waals surface area contributed by atoms with Gasteiger partial charge in [-0.1, -0.05) is 30.7 Å². The van der Waals surface area contributed by atoms with E-state index in [1.165, 1.54) is 12.1 Å².